The summed E-state index contributed by atoms with van der Waals surface area (Å²) >= 11 is 0. The second kappa shape index (κ2) is 7.49. The van der Waals surface area contributed by atoms with Crippen molar-refractivity contribution >= 4 is 40.5 Å². The van der Waals surface area contributed by atoms with E-state index < -0.39 is 0 Å². The number of hydrogen-bond donors (Lipinski definition) is 0. The van der Waals surface area contributed by atoms with E-state index in [0.29, 0.717) is 0 Å². The minimum atomic E-state index is 0.842. The topological polar surface area (TPSA) is 16.1 Å². The van der Waals surface area contributed by atoms with Crippen LogP contribution in [0.25, 0.3) is 40.3 Å². The lowest BCUT2D eigenvalue weighted by atomic mass is 9.96. The molecule has 0 aliphatic carbocycles. The van der Waals surface area contributed by atoms with Gasteiger partial charge in [-0.15, -0.1) is 0 Å². The zero-order valence-electron chi connectivity index (χ0n) is 16.8. The third kappa shape index (κ3) is 3.03. The number of aromatic nitrogens is 1. The number of rotatable bonds is 4. The summed E-state index contributed by atoms with van der Waals surface area (Å²) in [7, 11) is 0. The van der Waals surface area contributed by atoms with Gasteiger partial charge in [0.1, 0.15) is 0 Å². The van der Waals surface area contributed by atoms with Gasteiger partial charge in [-0.1, -0.05) is 79.9 Å². The van der Waals surface area contributed by atoms with E-state index in [9.17, 15) is 0 Å². The molecule has 2 heterocycles. The van der Waals surface area contributed by atoms with E-state index >= 15 is 0 Å². The molecule has 0 N–H and O–H groups in total. The number of hydrogen-bond acceptors (Lipinski definition) is 2. The molecule has 5 rings (SSSR count). The van der Waals surface area contributed by atoms with Crippen LogP contribution in [0, 0.1) is 0 Å². The highest BCUT2D eigenvalue weighted by Gasteiger charge is 2.19. The van der Waals surface area contributed by atoms with Crippen molar-refractivity contribution in [3.8, 4) is 11.1 Å². The number of pyridine rings is 1. The SMILES string of the molecule is C=Cc1ccc(-c2ccnc3c4c(ccc23)N(c2ccc(C=C)cc2)CC=C4)cc1. The highest BCUT2D eigenvalue weighted by molar-refractivity contribution is 6.02. The fourth-order valence-corrected chi connectivity index (χ4v) is 4.09. The fourth-order valence-electron chi connectivity index (χ4n) is 4.09. The van der Waals surface area contributed by atoms with E-state index in [4.69, 9.17) is 4.98 Å². The Bertz CT molecular complexity index is 1280. The molecule has 0 saturated carbocycles. The molecular weight excluding hydrogens is 364 g/mol. The van der Waals surface area contributed by atoms with Crippen LogP contribution in [-0.2, 0) is 0 Å². The van der Waals surface area contributed by atoms with Crippen LogP contribution in [0.1, 0.15) is 16.7 Å². The van der Waals surface area contributed by atoms with Gasteiger partial charge in [0.25, 0.3) is 0 Å². The standard InChI is InChI=1S/C28H22N2/c1-3-20-7-11-22(12-8-20)24-17-18-29-28-25(24)15-16-27-26(28)6-5-19-30(27)23-13-9-21(4-2)10-14-23/h3-18H,1-2,19H2. The normalized spacial score (nSPS) is 12.6. The molecule has 2 heteroatoms. The lowest BCUT2D eigenvalue weighted by Gasteiger charge is -2.29. The summed E-state index contributed by atoms with van der Waals surface area (Å²) in [6, 6.07) is 23.5. The molecule has 4 aromatic rings. The van der Waals surface area contributed by atoms with Crippen LogP contribution in [0.2, 0.25) is 0 Å². The molecule has 3 aromatic carbocycles. The Balaban J connectivity index is 1.64. The Hall–Kier alpha value is -3.91. The maximum Gasteiger partial charge on any atom is 0.0801 e. The summed E-state index contributed by atoms with van der Waals surface area (Å²) in [5.74, 6) is 0. The summed E-state index contributed by atoms with van der Waals surface area (Å²) in [5, 5.41) is 1.16. The molecule has 0 unspecified atom stereocenters. The lowest BCUT2D eigenvalue weighted by Crippen LogP contribution is -2.20. The number of fused-ring (bicyclic) bond motifs is 3. The fraction of sp³-hybridized carbons (Fsp3) is 0.0357. The maximum absolute atomic E-state index is 4.76. The van der Waals surface area contributed by atoms with Gasteiger partial charge in [-0.2, -0.15) is 0 Å². The maximum atomic E-state index is 4.76. The molecule has 0 bridgehead atoms. The van der Waals surface area contributed by atoms with Crippen molar-refractivity contribution in [2.75, 3.05) is 11.4 Å². The van der Waals surface area contributed by atoms with Crippen molar-refractivity contribution in [2.45, 2.75) is 0 Å². The summed E-state index contributed by atoms with van der Waals surface area (Å²) in [4.78, 5) is 7.09. The highest BCUT2D eigenvalue weighted by Crippen LogP contribution is 2.39. The van der Waals surface area contributed by atoms with Crippen molar-refractivity contribution in [2.24, 2.45) is 0 Å². The average Bonchev–Trinajstić information content (AvgIpc) is 2.83. The van der Waals surface area contributed by atoms with Gasteiger partial charge in [0, 0.05) is 29.4 Å². The van der Waals surface area contributed by atoms with Gasteiger partial charge in [-0.05, 0) is 46.5 Å². The molecule has 1 aliphatic heterocycles. The molecule has 1 aromatic heterocycles. The van der Waals surface area contributed by atoms with E-state index in [1.54, 1.807) is 0 Å². The quantitative estimate of drug-likeness (QED) is 0.364. The number of benzene rings is 3. The second-order valence-corrected chi connectivity index (χ2v) is 7.39. The van der Waals surface area contributed by atoms with Crippen LogP contribution >= 0.6 is 0 Å². The first-order chi connectivity index (χ1) is 14.8. The van der Waals surface area contributed by atoms with Crippen LogP contribution in [0.15, 0.2) is 92.2 Å². The molecule has 0 fully saturated rings. The van der Waals surface area contributed by atoms with Gasteiger partial charge in [-0.3, -0.25) is 4.98 Å². The molecular formula is C28H22N2. The van der Waals surface area contributed by atoms with Crippen LogP contribution in [-0.4, -0.2) is 11.5 Å². The molecule has 2 nitrogen and oxygen atoms in total. The average molecular weight is 386 g/mol. The van der Waals surface area contributed by atoms with Crippen molar-refractivity contribution in [3.05, 3.63) is 109 Å². The predicted molar refractivity (Wildman–Crippen MR) is 130 cm³/mol. The molecule has 30 heavy (non-hydrogen) atoms. The van der Waals surface area contributed by atoms with Gasteiger partial charge in [0.2, 0.25) is 0 Å². The molecule has 144 valence electrons. The zero-order valence-corrected chi connectivity index (χ0v) is 16.8. The van der Waals surface area contributed by atoms with E-state index in [2.05, 4.69) is 96.9 Å². The van der Waals surface area contributed by atoms with Gasteiger partial charge in [-0.25, -0.2) is 0 Å². The van der Waals surface area contributed by atoms with Crippen molar-refractivity contribution in [3.63, 3.8) is 0 Å². The van der Waals surface area contributed by atoms with Gasteiger partial charge in [0.15, 0.2) is 0 Å². The van der Waals surface area contributed by atoms with E-state index in [0.717, 1.165) is 34.1 Å². The smallest absolute Gasteiger partial charge is 0.0801 e. The van der Waals surface area contributed by atoms with E-state index in [-0.39, 0.29) is 0 Å². The number of anilines is 2. The van der Waals surface area contributed by atoms with Crippen LogP contribution in [0.4, 0.5) is 11.4 Å². The minimum absolute atomic E-state index is 0.842. The van der Waals surface area contributed by atoms with Crippen LogP contribution in [0.3, 0.4) is 0 Å². The molecule has 0 radical (unpaired) electrons. The van der Waals surface area contributed by atoms with Crippen LogP contribution in [0.5, 0.6) is 0 Å². The molecule has 0 atom stereocenters. The minimum Gasteiger partial charge on any atom is -0.337 e. The Kier molecular flexibility index (Phi) is 4.53. The largest absolute Gasteiger partial charge is 0.337 e. The number of nitrogens with zero attached hydrogens (tertiary/aromatic N) is 2. The monoisotopic (exact) mass is 386 g/mol. The summed E-state index contributed by atoms with van der Waals surface area (Å²) in [6.07, 6.45) is 10.0. The van der Waals surface area contributed by atoms with E-state index in [1.807, 2.05) is 18.3 Å². The van der Waals surface area contributed by atoms with Gasteiger partial charge < -0.3 is 4.90 Å². The Morgan fingerprint density at radius 1 is 0.800 bits per heavy atom. The second-order valence-electron chi connectivity index (χ2n) is 7.39. The first kappa shape index (κ1) is 18.1. The first-order valence-corrected chi connectivity index (χ1v) is 10.1. The predicted octanol–water partition coefficient (Wildman–Crippen LogP) is 7.35. The van der Waals surface area contributed by atoms with Gasteiger partial charge >= 0.3 is 0 Å². The Morgan fingerprint density at radius 2 is 1.50 bits per heavy atom. The molecule has 0 saturated heterocycles. The van der Waals surface area contributed by atoms with Crippen molar-refractivity contribution in [1.29, 1.82) is 0 Å². The lowest BCUT2D eigenvalue weighted by molar-refractivity contribution is 1.08. The molecule has 0 spiro atoms. The third-order valence-corrected chi connectivity index (χ3v) is 5.69. The molecule has 0 amide bonds. The first-order valence-electron chi connectivity index (χ1n) is 10.1. The van der Waals surface area contributed by atoms with Gasteiger partial charge in [0.05, 0.1) is 11.2 Å². The Morgan fingerprint density at radius 3 is 2.20 bits per heavy atom. The van der Waals surface area contributed by atoms with Crippen LogP contribution < -0.4 is 4.90 Å². The molecule has 1 aliphatic rings. The zero-order chi connectivity index (χ0) is 20.5. The summed E-state index contributed by atoms with van der Waals surface area (Å²) in [6.45, 7) is 8.54. The third-order valence-electron chi connectivity index (χ3n) is 5.69. The van der Waals surface area contributed by atoms with Crippen molar-refractivity contribution < 1.29 is 0 Å². The summed E-state index contributed by atoms with van der Waals surface area (Å²) in [5.41, 5.74) is 9.17. The highest BCUT2D eigenvalue weighted by atomic mass is 15.1. The van der Waals surface area contributed by atoms with E-state index in [1.165, 1.54) is 22.5 Å². The summed E-state index contributed by atoms with van der Waals surface area (Å²) < 4.78 is 0. The Labute approximate surface area is 177 Å². The van der Waals surface area contributed by atoms with Crippen molar-refractivity contribution in [1.82, 2.24) is 4.98 Å².